The molecule has 0 aromatic heterocycles. The lowest BCUT2D eigenvalue weighted by atomic mass is 10.3. The normalized spacial score (nSPS) is 14.4. The summed E-state index contributed by atoms with van der Waals surface area (Å²) in [6, 6.07) is 0. The van der Waals surface area contributed by atoms with E-state index in [1.54, 1.807) is 0 Å². The molecule has 84 valence electrons. The summed E-state index contributed by atoms with van der Waals surface area (Å²) in [6.45, 7) is 6.14. The van der Waals surface area contributed by atoms with Crippen molar-refractivity contribution < 1.29 is 14.3 Å². The molecule has 0 aromatic carbocycles. The van der Waals surface area contributed by atoms with E-state index in [9.17, 15) is 4.79 Å². The largest absolute Gasteiger partial charge is 0.466 e. The summed E-state index contributed by atoms with van der Waals surface area (Å²) in [5.74, 6) is -0.175. The van der Waals surface area contributed by atoms with Gasteiger partial charge in [-0.3, -0.25) is 4.79 Å². The van der Waals surface area contributed by atoms with E-state index in [0.29, 0.717) is 6.61 Å². The summed E-state index contributed by atoms with van der Waals surface area (Å²) in [5.41, 5.74) is 0. The van der Waals surface area contributed by atoms with Crippen LogP contribution in [0, 0.1) is 0 Å². The quantitative estimate of drug-likeness (QED) is 0.519. The number of carbonyl (C=O) groups is 1. The van der Waals surface area contributed by atoms with Crippen LogP contribution in [0.1, 0.15) is 46.0 Å². The highest BCUT2D eigenvalue weighted by Crippen LogP contribution is 1.98. The molecule has 0 aromatic rings. The van der Waals surface area contributed by atoms with Gasteiger partial charge in [-0.1, -0.05) is 19.8 Å². The second-order valence-corrected chi connectivity index (χ2v) is 3.37. The van der Waals surface area contributed by atoms with Gasteiger partial charge in [0.05, 0.1) is 6.61 Å². The van der Waals surface area contributed by atoms with Gasteiger partial charge in [0.2, 0.25) is 0 Å². The molecular formula is C11H22O3. The Bertz CT molecular complexity index is 123. The lowest BCUT2D eigenvalue weighted by Gasteiger charge is -1.98. The van der Waals surface area contributed by atoms with Gasteiger partial charge < -0.3 is 9.47 Å². The maximum atomic E-state index is 10.2. The second kappa shape index (κ2) is 10.5. The highest BCUT2D eigenvalue weighted by Gasteiger charge is 1.94. The molecule has 0 spiro atoms. The lowest BCUT2D eigenvalue weighted by Crippen LogP contribution is -1.99. The summed E-state index contributed by atoms with van der Waals surface area (Å²) in [7, 11) is 0. The average molecular weight is 202 g/mol. The minimum Gasteiger partial charge on any atom is -0.466 e. The molecule has 0 saturated carbocycles. The second-order valence-electron chi connectivity index (χ2n) is 3.37. The van der Waals surface area contributed by atoms with Crippen LogP contribution in [0.3, 0.4) is 0 Å². The van der Waals surface area contributed by atoms with Crippen LogP contribution >= 0.6 is 0 Å². The molecule has 3 nitrogen and oxygen atoms in total. The molecule has 0 atom stereocenters. The van der Waals surface area contributed by atoms with Crippen LogP contribution in [0.15, 0.2) is 0 Å². The van der Waals surface area contributed by atoms with Crippen molar-refractivity contribution in [2.75, 3.05) is 19.8 Å². The maximum Gasteiger partial charge on any atom is 0.302 e. The third kappa shape index (κ3) is 11.4. The fourth-order valence-corrected chi connectivity index (χ4v) is 1.08. The van der Waals surface area contributed by atoms with E-state index < -0.39 is 0 Å². The molecule has 1 heterocycles. The highest BCUT2D eigenvalue weighted by atomic mass is 16.5. The molecule has 1 fully saturated rings. The first kappa shape index (κ1) is 13.4. The number of esters is 1. The fourth-order valence-electron chi connectivity index (χ4n) is 1.08. The van der Waals surface area contributed by atoms with Crippen molar-refractivity contribution in [2.45, 2.75) is 46.0 Å². The SMILES string of the molecule is C1CCOC1.CCCCCOC(C)=O. The Kier molecular flexibility index (Phi) is 10.1. The van der Waals surface area contributed by atoms with Gasteiger partial charge in [0.15, 0.2) is 0 Å². The van der Waals surface area contributed by atoms with Crippen LogP contribution in [0.2, 0.25) is 0 Å². The molecule has 14 heavy (non-hydrogen) atoms. The predicted octanol–water partition coefficient (Wildman–Crippen LogP) is 2.54. The molecule has 1 aliphatic heterocycles. The van der Waals surface area contributed by atoms with Crippen LogP contribution in [0.4, 0.5) is 0 Å². The summed E-state index contributed by atoms with van der Waals surface area (Å²) in [5, 5.41) is 0. The molecule has 1 rings (SSSR count). The zero-order chi connectivity index (χ0) is 10.6. The number of ether oxygens (including phenoxy) is 2. The molecule has 0 amide bonds. The molecule has 3 heteroatoms. The molecule has 0 radical (unpaired) electrons. The van der Waals surface area contributed by atoms with E-state index in [1.165, 1.54) is 26.2 Å². The Morgan fingerprint density at radius 3 is 2.29 bits per heavy atom. The zero-order valence-corrected chi connectivity index (χ0v) is 9.38. The van der Waals surface area contributed by atoms with Crippen LogP contribution in [-0.2, 0) is 14.3 Å². The lowest BCUT2D eigenvalue weighted by molar-refractivity contribution is -0.141. The topological polar surface area (TPSA) is 35.5 Å². The number of unbranched alkanes of at least 4 members (excludes halogenated alkanes) is 2. The van der Waals surface area contributed by atoms with Crippen LogP contribution < -0.4 is 0 Å². The predicted molar refractivity (Wildman–Crippen MR) is 56.2 cm³/mol. The van der Waals surface area contributed by atoms with Crippen molar-refractivity contribution >= 4 is 5.97 Å². The van der Waals surface area contributed by atoms with Crippen molar-refractivity contribution in [1.82, 2.24) is 0 Å². The summed E-state index contributed by atoms with van der Waals surface area (Å²) < 4.78 is 9.65. The molecule has 0 N–H and O–H groups in total. The number of rotatable bonds is 4. The molecular weight excluding hydrogens is 180 g/mol. The van der Waals surface area contributed by atoms with Gasteiger partial charge in [0.25, 0.3) is 0 Å². The first-order valence-electron chi connectivity index (χ1n) is 5.48. The van der Waals surface area contributed by atoms with Gasteiger partial charge in [-0.15, -0.1) is 0 Å². The van der Waals surface area contributed by atoms with E-state index in [-0.39, 0.29) is 5.97 Å². The van der Waals surface area contributed by atoms with Gasteiger partial charge >= 0.3 is 5.97 Å². The first-order valence-corrected chi connectivity index (χ1v) is 5.48. The van der Waals surface area contributed by atoms with Crippen molar-refractivity contribution in [2.24, 2.45) is 0 Å². The monoisotopic (exact) mass is 202 g/mol. The Hall–Kier alpha value is -0.570. The smallest absolute Gasteiger partial charge is 0.302 e. The third-order valence-corrected chi connectivity index (χ3v) is 1.88. The van der Waals surface area contributed by atoms with Crippen molar-refractivity contribution in [3.05, 3.63) is 0 Å². The van der Waals surface area contributed by atoms with Crippen molar-refractivity contribution in [3.8, 4) is 0 Å². The fraction of sp³-hybridized carbons (Fsp3) is 0.909. The Morgan fingerprint density at radius 1 is 1.29 bits per heavy atom. The standard InChI is InChI=1S/C7H14O2.C4H8O/c1-3-4-5-6-9-7(2)8;1-2-4-5-3-1/h3-6H2,1-2H3;1-4H2. The molecule has 1 aliphatic rings. The van der Waals surface area contributed by atoms with E-state index in [4.69, 9.17) is 9.47 Å². The van der Waals surface area contributed by atoms with Crippen LogP contribution in [-0.4, -0.2) is 25.8 Å². The summed E-state index contributed by atoms with van der Waals surface area (Å²) >= 11 is 0. The van der Waals surface area contributed by atoms with E-state index in [1.807, 2.05) is 0 Å². The average Bonchev–Trinajstić information content (AvgIpc) is 2.70. The summed E-state index contributed by atoms with van der Waals surface area (Å²) in [4.78, 5) is 10.2. The first-order chi connectivity index (χ1) is 6.77. The van der Waals surface area contributed by atoms with Gasteiger partial charge in [-0.05, 0) is 19.3 Å². The molecule has 0 bridgehead atoms. The maximum absolute atomic E-state index is 10.2. The third-order valence-electron chi connectivity index (χ3n) is 1.88. The molecule has 1 saturated heterocycles. The van der Waals surface area contributed by atoms with Gasteiger partial charge in [-0.25, -0.2) is 0 Å². The van der Waals surface area contributed by atoms with Crippen LogP contribution in [0.25, 0.3) is 0 Å². The zero-order valence-electron chi connectivity index (χ0n) is 9.38. The van der Waals surface area contributed by atoms with E-state index >= 15 is 0 Å². The number of hydrogen-bond donors (Lipinski definition) is 0. The molecule has 0 aliphatic carbocycles. The molecule has 0 unspecified atom stereocenters. The number of hydrogen-bond acceptors (Lipinski definition) is 3. The van der Waals surface area contributed by atoms with Crippen molar-refractivity contribution in [3.63, 3.8) is 0 Å². The van der Waals surface area contributed by atoms with Crippen LogP contribution in [0.5, 0.6) is 0 Å². The van der Waals surface area contributed by atoms with Gasteiger partial charge in [0, 0.05) is 20.1 Å². The van der Waals surface area contributed by atoms with Crippen molar-refractivity contribution in [1.29, 1.82) is 0 Å². The highest BCUT2D eigenvalue weighted by molar-refractivity contribution is 5.65. The Labute approximate surface area is 86.8 Å². The van der Waals surface area contributed by atoms with E-state index in [0.717, 1.165) is 26.1 Å². The van der Waals surface area contributed by atoms with Gasteiger partial charge in [0.1, 0.15) is 0 Å². The van der Waals surface area contributed by atoms with Gasteiger partial charge in [-0.2, -0.15) is 0 Å². The van der Waals surface area contributed by atoms with E-state index in [2.05, 4.69) is 6.92 Å². The minimum atomic E-state index is -0.175. The Balaban J connectivity index is 0.000000280. The Morgan fingerprint density at radius 2 is 1.93 bits per heavy atom. The minimum absolute atomic E-state index is 0.175. The number of carbonyl (C=O) groups excluding carboxylic acids is 1. The summed E-state index contributed by atoms with van der Waals surface area (Å²) in [6.07, 6.45) is 5.87.